The average Bonchev–Trinajstić information content (AvgIpc) is 3.16. The smallest absolute Gasteiger partial charge is 0.170 e. The Morgan fingerprint density at radius 1 is 1.04 bits per heavy atom. The molecule has 134 valence electrons. The van der Waals surface area contributed by atoms with Gasteiger partial charge in [-0.3, -0.25) is 9.69 Å². The lowest BCUT2D eigenvalue weighted by Gasteiger charge is -2.43. The van der Waals surface area contributed by atoms with Crippen LogP contribution in [-0.2, 0) is 6.54 Å². The standard InChI is InChI=1S/C21H27NO3/c23-18-12-21(10-4-1-5-11-21)25-20-16(18)8-9-19-17(20)13-22(14-24-19)15-6-2-3-7-15/h8-9,15H,1-7,10-14H2. The molecule has 0 atom stereocenters. The number of nitrogens with zero attached hydrogens (tertiary/aromatic N) is 1. The molecule has 1 aromatic carbocycles. The monoisotopic (exact) mass is 341 g/mol. The molecule has 2 aliphatic carbocycles. The molecule has 4 nitrogen and oxygen atoms in total. The summed E-state index contributed by atoms with van der Waals surface area (Å²) in [4.78, 5) is 15.3. The maximum absolute atomic E-state index is 12.8. The second-order valence-electron chi connectivity index (χ2n) is 8.32. The van der Waals surface area contributed by atoms with Crippen LogP contribution in [0.15, 0.2) is 12.1 Å². The lowest BCUT2D eigenvalue weighted by atomic mass is 9.78. The van der Waals surface area contributed by atoms with Crippen molar-refractivity contribution in [2.45, 2.75) is 82.4 Å². The van der Waals surface area contributed by atoms with Gasteiger partial charge in [-0.1, -0.05) is 19.3 Å². The molecule has 1 spiro atoms. The van der Waals surface area contributed by atoms with Crippen LogP contribution in [0.25, 0.3) is 0 Å². The average molecular weight is 341 g/mol. The summed E-state index contributed by atoms with van der Waals surface area (Å²) in [7, 11) is 0. The van der Waals surface area contributed by atoms with E-state index < -0.39 is 0 Å². The summed E-state index contributed by atoms with van der Waals surface area (Å²) in [6.07, 6.45) is 11.3. The molecule has 2 fully saturated rings. The zero-order chi connectivity index (χ0) is 16.9. The van der Waals surface area contributed by atoms with Crippen molar-refractivity contribution in [2.75, 3.05) is 6.73 Å². The van der Waals surface area contributed by atoms with Gasteiger partial charge in [-0.15, -0.1) is 0 Å². The number of fused-ring (bicyclic) bond motifs is 3. The van der Waals surface area contributed by atoms with Gasteiger partial charge in [0.15, 0.2) is 5.78 Å². The van der Waals surface area contributed by atoms with Crippen molar-refractivity contribution in [2.24, 2.45) is 0 Å². The number of rotatable bonds is 1. The molecule has 25 heavy (non-hydrogen) atoms. The highest BCUT2D eigenvalue weighted by atomic mass is 16.5. The van der Waals surface area contributed by atoms with E-state index in [1.165, 1.54) is 44.9 Å². The van der Waals surface area contributed by atoms with Crippen LogP contribution in [0, 0.1) is 0 Å². The van der Waals surface area contributed by atoms with Crippen LogP contribution >= 0.6 is 0 Å². The van der Waals surface area contributed by atoms with Crippen LogP contribution in [0.2, 0.25) is 0 Å². The molecule has 0 unspecified atom stereocenters. The maximum atomic E-state index is 12.8. The van der Waals surface area contributed by atoms with Gasteiger partial charge in [0.2, 0.25) is 0 Å². The molecule has 0 aromatic heterocycles. The lowest BCUT2D eigenvalue weighted by Crippen LogP contribution is -2.45. The first-order valence-corrected chi connectivity index (χ1v) is 9.99. The van der Waals surface area contributed by atoms with Gasteiger partial charge in [0, 0.05) is 12.6 Å². The number of ketones is 1. The Morgan fingerprint density at radius 2 is 1.84 bits per heavy atom. The van der Waals surface area contributed by atoms with Crippen molar-refractivity contribution in [3.05, 3.63) is 23.3 Å². The number of carbonyl (C=O) groups is 1. The molecule has 0 N–H and O–H groups in total. The summed E-state index contributed by atoms with van der Waals surface area (Å²) in [5, 5.41) is 0. The summed E-state index contributed by atoms with van der Waals surface area (Å²) in [6, 6.07) is 4.50. The second-order valence-corrected chi connectivity index (χ2v) is 8.32. The number of hydrogen-bond acceptors (Lipinski definition) is 4. The van der Waals surface area contributed by atoms with E-state index in [0.29, 0.717) is 19.2 Å². The predicted octanol–water partition coefficient (Wildman–Crippen LogP) is 4.45. The predicted molar refractivity (Wildman–Crippen MR) is 95.1 cm³/mol. The molecule has 0 amide bonds. The first kappa shape index (κ1) is 15.7. The highest BCUT2D eigenvalue weighted by Gasteiger charge is 2.43. The van der Waals surface area contributed by atoms with Crippen LogP contribution < -0.4 is 9.47 Å². The number of Topliss-reactive ketones (excluding diaryl/α,β-unsaturated/α-hetero) is 1. The first-order chi connectivity index (χ1) is 12.2. The summed E-state index contributed by atoms with van der Waals surface area (Å²) in [5.74, 6) is 2.00. The van der Waals surface area contributed by atoms with Crippen LogP contribution in [0.5, 0.6) is 11.5 Å². The molecule has 0 saturated heterocycles. The Hall–Kier alpha value is -1.55. The molecule has 4 heteroatoms. The van der Waals surface area contributed by atoms with E-state index in [0.717, 1.165) is 42.0 Å². The van der Waals surface area contributed by atoms with Crippen molar-refractivity contribution in [3.63, 3.8) is 0 Å². The Morgan fingerprint density at radius 3 is 2.64 bits per heavy atom. The Labute approximate surface area is 149 Å². The van der Waals surface area contributed by atoms with Crippen molar-refractivity contribution < 1.29 is 14.3 Å². The van der Waals surface area contributed by atoms with Gasteiger partial charge in [0.25, 0.3) is 0 Å². The lowest BCUT2D eigenvalue weighted by molar-refractivity contribution is 0.00753. The van der Waals surface area contributed by atoms with Gasteiger partial charge >= 0.3 is 0 Å². The quantitative estimate of drug-likeness (QED) is 0.756. The van der Waals surface area contributed by atoms with Crippen LogP contribution in [0.3, 0.4) is 0 Å². The Balaban J connectivity index is 1.50. The zero-order valence-electron chi connectivity index (χ0n) is 14.9. The summed E-state index contributed by atoms with van der Waals surface area (Å²) in [5.41, 5.74) is 1.62. The van der Waals surface area contributed by atoms with Crippen LogP contribution in [0.4, 0.5) is 0 Å². The van der Waals surface area contributed by atoms with E-state index >= 15 is 0 Å². The minimum atomic E-state index is -0.257. The van der Waals surface area contributed by atoms with Gasteiger partial charge in [-0.05, 0) is 50.7 Å². The van der Waals surface area contributed by atoms with Gasteiger partial charge in [0.1, 0.15) is 23.8 Å². The van der Waals surface area contributed by atoms with E-state index in [1.54, 1.807) is 0 Å². The molecule has 2 heterocycles. The van der Waals surface area contributed by atoms with Crippen LogP contribution in [0.1, 0.15) is 80.1 Å². The molecule has 2 saturated carbocycles. The molecule has 2 aliphatic heterocycles. The summed E-state index contributed by atoms with van der Waals surface area (Å²) >= 11 is 0. The number of ether oxygens (including phenoxy) is 2. The number of hydrogen-bond donors (Lipinski definition) is 0. The van der Waals surface area contributed by atoms with E-state index in [4.69, 9.17) is 9.47 Å². The molecular weight excluding hydrogens is 314 g/mol. The van der Waals surface area contributed by atoms with Gasteiger partial charge in [0.05, 0.1) is 17.5 Å². The zero-order valence-corrected chi connectivity index (χ0v) is 14.9. The molecule has 4 aliphatic rings. The van der Waals surface area contributed by atoms with Crippen LogP contribution in [-0.4, -0.2) is 29.1 Å². The minimum absolute atomic E-state index is 0.254. The summed E-state index contributed by atoms with van der Waals surface area (Å²) in [6.45, 7) is 1.52. The van der Waals surface area contributed by atoms with Crippen molar-refractivity contribution in [1.82, 2.24) is 4.90 Å². The molecule has 0 bridgehead atoms. The third-order valence-electron chi connectivity index (χ3n) is 6.67. The maximum Gasteiger partial charge on any atom is 0.170 e. The highest BCUT2D eigenvalue weighted by molar-refractivity contribution is 6.01. The fourth-order valence-corrected chi connectivity index (χ4v) is 5.25. The Bertz CT molecular complexity index is 687. The normalized spacial score (nSPS) is 26.0. The number of benzene rings is 1. The molecule has 0 radical (unpaired) electrons. The second kappa shape index (κ2) is 6.01. The van der Waals surface area contributed by atoms with Gasteiger partial charge < -0.3 is 9.47 Å². The van der Waals surface area contributed by atoms with Crippen molar-refractivity contribution >= 4 is 5.78 Å². The van der Waals surface area contributed by atoms with Gasteiger partial charge in [-0.2, -0.15) is 0 Å². The third kappa shape index (κ3) is 2.66. The van der Waals surface area contributed by atoms with Gasteiger partial charge in [-0.25, -0.2) is 0 Å². The van der Waals surface area contributed by atoms with E-state index in [9.17, 15) is 4.79 Å². The Kier molecular flexibility index (Phi) is 3.77. The highest BCUT2D eigenvalue weighted by Crippen LogP contribution is 2.47. The molecule has 1 aromatic rings. The van der Waals surface area contributed by atoms with E-state index in [1.807, 2.05) is 12.1 Å². The first-order valence-electron chi connectivity index (χ1n) is 9.99. The third-order valence-corrected chi connectivity index (χ3v) is 6.67. The topological polar surface area (TPSA) is 38.8 Å². The van der Waals surface area contributed by atoms with Crippen molar-refractivity contribution in [3.8, 4) is 11.5 Å². The fourth-order valence-electron chi connectivity index (χ4n) is 5.25. The largest absolute Gasteiger partial charge is 0.486 e. The van der Waals surface area contributed by atoms with E-state index in [-0.39, 0.29) is 11.4 Å². The van der Waals surface area contributed by atoms with Crippen molar-refractivity contribution in [1.29, 1.82) is 0 Å². The fraction of sp³-hybridized carbons (Fsp3) is 0.667. The minimum Gasteiger partial charge on any atom is -0.486 e. The SMILES string of the molecule is O=C1CC2(CCCCC2)Oc2c1ccc1c2CN(C2CCCC2)CO1. The number of carbonyl (C=O) groups excluding carboxylic acids is 1. The van der Waals surface area contributed by atoms with E-state index in [2.05, 4.69) is 4.90 Å². The molecule has 5 rings (SSSR count). The molecular formula is C21H27NO3. The summed E-state index contributed by atoms with van der Waals surface area (Å²) < 4.78 is 12.7.